The van der Waals surface area contributed by atoms with Crippen molar-refractivity contribution in [2.24, 2.45) is 0 Å². The monoisotopic (exact) mass is 366 g/mol. The Morgan fingerprint density at radius 3 is 2.46 bits per heavy atom. The molecule has 1 aromatic heterocycles. The molecule has 1 N–H and O–H groups in total. The van der Waals surface area contributed by atoms with Crippen LogP contribution in [-0.2, 0) is 11.3 Å². The number of aromatic nitrogens is 1. The zero-order chi connectivity index (χ0) is 18.7. The molecular weight excluding hydrogens is 348 g/mol. The maximum Gasteiger partial charge on any atom is 0.298 e. The molecule has 0 saturated heterocycles. The summed E-state index contributed by atoms with van der Waals surface area (Å²) in [6.45, 7) is 4.38. The summed E-state index contributed by atoms with van der Waals surface area (Å²) in [5.41, 5.74) is 3.97. The molecule has 132 valence electrons. The molecule has 3 rings (SSSR count). The van der Waals surface area contributed by atoms with Gasteiger partial charge in [0.1, 0.15) is 0 Å². The summed E-state index contributed by atoms with van der Waals surface area (Å²) in [5.74, 6) is -1.24. The van der Waals surface area contributed by atoms with Gasteiger partial charge < -0.3 is 9.88 Å². The van der Waals surface area contributed by atoms with Crippen molar-refractivity contribution in [1.29, 1.82) is 0 Å². The van der Waals surface area contributed by atoms with Crippen LogP contribution in [0, 0.1) is 13.8 Å². The molecule has 1 amide bonds. The lowest BCUT2D eigenvalue weighted by molar-refractivity contribution is -0.112. The minimum absolute atomic E-state index is 0.356. The predicted octanol–water partition coefficient (Wildman–Crippen LogP) is 4.63. The predicted molar refractivity (Wildman–Crippen MR) is 104 cm³/mol. The third kappa shape index (κ3) is 4.03. The largest absolute Gasteiger partial charge is 0.340 e. The molecular formula is C21H19ClN2O2. The Kier molecular flexibility index (Phi) is 5.24. The topological polar surface area (TPSA) is 51.1 Å². The van der Waals surface area contributed by atoms with Gasteiger partial charge in [-0.1, -0.05) is 41.4 Å². The second-order valence-corrected chi connectivity index (χ2v) is 6.69. The van der Waals surface area contributed by atoms with Crippen molar-refractivity contribution in [3.8, 4) is 0 Å². The van der Waals surface area contributed by atoms with Crippen molar-refractivity contribution in [3.63, 3.8) is 0 Å². The van der Waals surface area contributed by atoms with Crippen LogP contribution in [0.2, 0.25) is 5.02 Å². The standard InChI is InChI=1S/C21H19ClN2O2/c1-14-5-7-16(8-6-14)13-24-11-3-4-19(24)20(25)21(26)23-18-10-9-17(22)12-15(18)2/h3-12H,13H2,1-2H3,(H,23,26). The van der Waals surface area contributed by atoms with Crippen LogP contribution in [0.4, 0.5) is 5.69 Å². The fourth-order valence-corrected chi connectivity index (χ4v) is 2.94. The maximum atomic E-state index is 12.6. The number of carbonyl (C=O) groups excluding carboxylic acids is 2. The number of carbonyl (C=O) groups is 2. The first-order valence-corrected chi connectivity index (χ1v) is 8.64. The number of benzene rings is 2. The van der Waals surface area contributed by atoms with Gasteiger partial charge >= 0.3 is 0 Å². The zero-order valence-corrected chi connectivity index (χ0v) is 15.4. The van der Waals surface area contributed by atoms with Crippen LogP contribution in [-0.4, -0.2) is 16.3 Å². The lowest BCUT2D eigenvalue weighted by Gasteiger charge is -2.11. The van der Waals surface area contributed by atoms with E-state index in [4.69, 9.17) is 11.6 Å². The number of amides is 1. The van der Waals surface area contributed by atoms with Crippen molar-refractivity contribution in [2.45, 2.75) is 20.4 Å². The van der Waals surface area contributed by atoms with E-state index in [0.717, 1.165) is 11.1 Å². The lowest BCUT2D eigenvalue weighted by Crippen LogP contribution is -2.25. The molecule has 2 aromatic carbocycles. The van der Waals surface area contributed by atoms with E-state index < -0.39 is 11.7 Å². The fourth-order valence-electron chi connectivity index (χ4n) is 2.71. The number of aryl methyl sites for hydroxylation is 2. The highest BCUT2D eigenvalue weighted by molar-refractivity contribution is 6.46. The Morgan fingerprint density at radius 1 is 1.04 bits per heavy atom. The Bertz CT molecular complexity index is 958. The van der Waals surface area contributed by atoms with Gasteiger partial charge in [-0.3, -0.25) is 9.59 Å². The molecule has 0 spiro atoms. The number of hydrogen-bond acceptors (Lipinski definition) is 2. The van der Waals surface area contributed by atoms with E-state index >= 15 is 0 Å². The van der Waals surface area contributed by atoms with Crippen LogP contribution in [0.1, 0.15) is 27.2 Å². The molecule has 0 aliphatic heterocycles. The quantitative estimate of drug-likeness (QED) is 0.528. The van der Waals surface area contributed by atoms with E-state index in [1.807, 2.05) is 38.1 Å². The van der Waals surface area contributed by atoms with Gasteiger partial charge in [0.2, 0.25) is 0 Å². The van der Waals surface area contributed by atoms with Crippen molar-refractivity contribution >= 4 is 29.0 Å². The normalized spacial score (nSPS) is 10.6. The second kappa shape index (κ2) is 7.58. The third-order valence-electron chi connectivity index (χ3n) is 4.18. The van der Waals surface area contributed by atoms with E-state index in [0.29, 0.717) is 22.9 Å². The molecule has 0 saturated carbocycles. The number of nitrogens with zero attached hydrogens (tertiary/aromatic N) is 1. The highest BCUT2D eigenvalue weighted by Crippen LogP contribution is 2.20. The molecule has 0 radical (unpaired) electrons. The Balaban J connectivity index is 1.76. The van der Waals surface area contributed by atoms with Crippen molar-refractivity contribution in [1.82, 2.24) is 4.57 Å². The number of ketones is 1. The molecule has 4 nitrogen and oxygen atoms in total. The van der Waals surface area contributed by atoms with Gasteiger partial charge in [-0.2, -0.15) is 0 Å². The van der Waals surface area contributed by atoms with E-state index in [9.17, 15) is 9.59 Å². The summed E-state index contributed by atoms with van der Waals surface area (Å²) in [6.07, 6.45) is 1.80. The zero-order valence-electron chi connectivity index (χ0n) is 14.6. The molecule has 0 unspecified atom stereocenters. The van der Waals surface area contributed by atoms with Crippen LogP contribution in [0.3, 0.4) is 0 Å². The van der Waals surface area contributed by atoms with E-state index in [2.05, 4.69) is 5.32 Å². The lowest BCUT2D eigenvalue weighted by atomic mass is 10.1. The second-order valence-electron chi connectivity index (χ2n) is 6.25. The number of anilines is 1. The average molecular weight is 367 g/mol. The molecule has 0 fully saturated rings. The first-order chi connectivity index (χ1) is 12.4. The highest BCUT2D eigenvalue weighted by atomic mass is 35.5. The first kappa shape index (κ1) is 18.0. The van der Waals surface area contributed by atoms with Gasteiger partial charge in [0.05, 0.1) is 5.69 Å². The molecule has 26 heavy (non-hydrogen) atoms. The summed E-state index contributed by atoms with van der Waals surface area (Å²) < 4.78 is 1.78. The fraction of sp³-hybridized carbons (Fsp3) is 0.143. The molecule has 5 heteroatoms. The van der Waals surface area contributed by atoms with Crippen LogP contribution >= 0.6 is 11.6 Å². The summed E-state index contributed by atoms with van der Waals surface area (Å²) in [6, 6.07) is 16.6. The number of nitrogens with one attached hydrogen (secondary N) is 1. The number of halogens is 1. The SMILES string of the molecule is Cc1ccc(Cn2cccc2C(=O)C(=O)Nc2ccc(Cl)cc2C)cc1. The van der Waals surface area contributed by atoms with Crippen molar-refractivity contribution < 1.29 is 9.59 Å². The molecule has 0 atom stereocenters. The Labute approximate surface area is 157 Å². The summed E-state index contributed by atoms with van der Waals surface area (Å²) >= 11 is 5.92. The van der Waals surface area contributed by atoms with Crippen LogP contribution in [0.15, 0.2) is 60.8 Å². The number of hydrogen-bond donors (Lipinski definition) is 1. The van der Waals surface area contributed by atoms with Gasteiger partial charge in [0.15, 0.2) is 0 Å². The smallest absolute Gasteiger partial charge is 0.298 e. The average Bonchev–Trinajstić information content (AvgIpc) is 3.06. The summed E-state index contributed by atoms with van der Waals surface area (Å²) in [7, 11) is 0. The molecule has 0 aliphatic carbocycles. The third-order valence-corrected chi connectivity index (χ3v) is 4.41. The molecule has 0 bridgehead atoms. The van der Waals surface area contributed by atoms with Gasteiger partial charge in [0.25, 0.3) is 11.7 Å². The molecule has 0 aliphatic rings. The van der Waals surface area contributed by atoms with E-state index in [1.54, 1.807) is 41.1 Å². The molecule has 3 aromatic rings. The minimum atomic E-state index is -0.667. The molecule has 1 heterocycles. The van der Waals surface area contributed by atoms with Crippen LogP contribution in [0.25, 0.3) is 0 Å². The number of rotatable bonds is 5. The van der Waals surface area contributed by atoms with Crippen LogP contribution < -0.4 is 5.32 Å². The summed E-state index contributed by atoms with van der Waals surface area (Å²) in [4.78, 5) is 25.0. The first-order valence-electron chi connectivity index (χ1n) is 8.26. The van der Waals surface area contributed by atoms with Crippen molar-refractivity contribution in [3.05, 3.63) is 88.2 Å². The summed E-state index contributed by atoms with van der Waals surface area (Å²) in [5, 5.41) is 3.25. The Hall–Kier alpha value is -2.85. The van der Waals surface area contributed by atoms with Gasteiger partial charge in [0, 0.05) is 23.5 Å². The maximum absolute atomic E-state index is 12.6. The van der Waals surface area contributed by atoms with Crippen LogP contribution in [0.5, 0.6) is 0 Å². The van der Waals surface area contributed by atoms with E-state index in [1.165, 1.54) is 5.56 Å². The Morgan fingerprint density at radius 2 is 1.77 bits per heavy atom. The minimum Gasteiger partial charge on any atom is -0.340 e. The van der Waals surface area contributed by atoms with E-state index in [-0.39, 0.29) is 0 Å². The van der Waals surface area contributed by atoms with Gasteiger partial charge in [-0.15, -0.1) is 0 Å². The number of Topliss-reactive ketones (excluding diaryl/α,β-unsaturated/α-hetero) is 1. The van der Waals surface area contributed by atoms with Crippen molar-refractivity contribution in [2.75, 3.05) is 5.32 Å². The highest BCUT2D eigenvalue weighted by Gasteiger charge is 2.20. The van der Waals surface area contributed by atoms with Gasteiger partial charge in [-0.05, 0) is 55.3 Å². The van der Waals surface area contributed by atoms with Gasteiger partial charge in [-0.25, -0.2) is 0 Å².